The van der Waals surface area contributed by atoms with E-state index in [9.17, 15) is 18.0 Å². The molecule has 34 heavy (non-hydrogen) atoms. The van der Waals surface area contributed by atoms with Crippen LogP contribution in [-0.2, 0) is 16.7 Å². The lowest BCUT2D eigenvalue weighted by atomic mass is 10.1. The molecule has 2 heterocycles. The van der Waals surface area contributed by atoms with Gasteiger partial charge >= 0.3 is 6.18 Å². The zero-order valence-corrected chi connectivity index (χ0v) is 19.5. The van der Waals surface area contributed by atoms with Crippen molar-refractivity contribution in [1.82, 2.24) is 14.5 Å². The minimum Gasteiger partial charge on any atom is -0.324 e. The highest BCUT2D eigenvalue weighted by molar-refractivity contribution is 7.98. The van der Waals surface area contributed by atoms with Gasteiger partial charge in [0.2, 0.25) is 5.91 Å². The van der Waals surface area contributed by atoms with Crippen LogP contribution in [0.25, 0.3) is 11.2 Å². The number of alkyl halides is 3. The molecule has 4 aromatic rings. The number of carbonyl (C=O) groups excluding carboxylic acids is 1. The Kier molecular flexibility index (Phi) is 6.92. The summed E-state index contributed by atoms with van der Waals surface area (Å²) in [5.41, 5.74) is 2.67. The van der Waals surface area contributed by atoms with Crippen molar-refractivity contribution in [3.63, 3.8) is 0 Å². The molecular weight excluding hydrogens is 461 g/mol. The van der Waals surface area contributed by atoms with E-state index in [1.807, 2.05) is 38.1 Å². The smallest absolute Gasteiger partial charge is 0.324 e. The second-order valence-corrected chi connectivity index (χ2v) is 8.77. The lowest BCUT2D eigenvalue weighted by Gasteiger charge is -2.20. The van der Waals surface area contributed by atoms with Gasteiger partial charge in [0.25, 0.3) is 0 Å². The van der Waals surface area contributed by atoms with Crippen LogP contribution in [0.5, 0.6) is 0 Å². The molecule has 0 aliphatic rings. The summed E-state index contributed by atoms with van der Waals surface area (Å²) in [4.78, 5) is 22.4. The summed E-state index contributed by atoms with van der Waals surface area (Å²) in [6.45, 7) is 3.82. The fourth-order valence-electron chi connectivity index (χ4n) is 3.69. The number of halogens is 3. The Morgan fingerprint density at radius 1 is 1.12 bits per heavy atom. The molecule has 0 radical (unpaired) electrons. The quantitative estimate of drug-likeness (QED) is 0.299. The Labute approximate surface area is 199 Å². The molecule has 1 N–H and O–H groups in total. The average molecular weight is 485 g/mol. The van der Waals surface area contributed by atoms with Crippen LogP contribution in [0.4, 0.5) is 18.9 Å². The number of thioether (sulfide) groups is 1. The van der Waals surface area contributed by atoms with Crippen molar-refractivity contribution in [1.29, 1.82) is 0 Å². The number of nitrogens with zero attached hydrogens (tertiary/aromatic N) is 3. The standard InChI is InChI=1S/C25H23F3N4OS/c1-3-21(23(33)30-19-11-5-4-8-16(19)2)32-22-20(12-7-13-29-22)31-24(32)34-15-17-9-6-10-18(14-17)25(26,27)28/h4-14,21H,3,15H2,1-2H3,(H,30,33)/t21-/m1/s1. The monoisotopic (exact) mass is 484 g/mol. The highest BCUT2D eigenvalue weighted by Crippen LogP contribution is 2.33. The van der Waals surface area contributed by atoms with Crippen LogP contribution in [0.1, 0.15) is 36.1 Å². The number of rotatable bonds is 7. The molecule has 1 atom stereocenters. The van der Waals surface area contributed by atoms with E-state index < -0.39 is 17.8 Å². The topological polar surface area (TPSA) is 59.8 Å². The first kappa shape index (κ1) is 23.8. The van der Waals surface area contributed by atoms with Crippen LogP contribution in [-0.4, -0.2) is 20.4 Å². The van der Waals surface area contributed by atoms with Gasteiger partial charge in [0, 0.05) is 17.6 Å². The highest BCUT2D eigenvalue weighted by atomic mass is 32.2. The molecule has 0 bridgehead atoms. The fraction of sp³-hybridized carbons (Fsp3) is 0.240. The van der Waals surface area contributed by atoms with Crippen LogP contribution >= 0.6 is 11.8 Å². The lowest BCUT2D eigenvalue weighted by Crippen LogP contribution is -2.26. The van der Waals surface area contributed by atoms with Gasteiger partial charge in [0.15, 0.2) is 10.8 Å². The number of pyridine rings is 1. The number of hydrogen-bond donors (Lipinski definition) is 1. The van der Waals surface area contributed by atoms with E-state index in [4.69, 9.17) is 0 Å². The number of carbonyl (C=O) groups is 1. The zero-order chi connectivity index (χ0) is 24.3. The molecule has 0 aliphatic carbocycles. The third-order valence-electron chi connectivity index (χ3n) is 5.44. The maximum absolute atomic E-state index is 13.3. The summed E-state index contributed by atoms with van der Waals surface area (Å²) >= 11 is 1.28. The van der Waals surface area contributed by atoms with Gasteiger partial charge in [-0.25, -0.2) is 9.97 Å². The van der Waals surface area contributed by atoms with E-state index >= 15 is 0 Å². The molecule has 176 valence electrons. The number of nitrogens with one attached hydrogen (secondary N) is 1. The number of imidazole rings is 1. The number of anilines is 1. The number of benzene rings is 2. The predicted octanol–water partition coefficient (Wildman–Crippen LogP) is 6.64. The molecule has 0 spiro atoms. The molecule has 9 heteroatoms. The van der Waals surface area contributed by atoms with Gasteiger partial charge in [0.05, 0.1) is 5.56 Å². The molecule has 2 aromatic carbocycles. The summed E-state index contributed by atoms with van der Waals surface area (Å²) in [6, 6.07) is 15.7. The Morgan fingerprint density at radius 3 is 2.65 bits per heavy atom. The van der Waals surface area contributed by atoms with E-state index in [2.05, 4.69) is 15.3 Å². The molecule has 0 unspecified atom stereocenters. The van der Waals surface area contributed by atoms with Crippen molar-refractivity contribution in [3.8, 4) is 0 Å². The molecule has 2 aromatic heterocycles. The van der Waals surface area contributed by atoms with Gasteiger partial charge in [-0.05, 0) is 48.7 Å². The van der Waals surface area contributed by atoms with Crippen LogP contribution in [0.3, 0.4) is 0 Å². The van der Waals surface area contributed by atoms with E-state index in [1.54, 1.807) is 29.0 Å². The first-order chi connectivity index (χ1) is 16.3. The number of para-hydroxylation sites is 1. The van der Waals surface area contributed by atoms with E-state index in [0.717, 1.165) is 23.4 Å². The summed E-state index contributed by atoms with van der Waals surface area (Å²) in [5, 5.41) is 3.52. The number of aryl methyl sites for hydroxylation is 1. The Balaban J connectivity index is 1.66. The number of hydrogen-bond acceptors (Lipinski definition) is 4. The van der Waals surface area contributed by atoms with Crippen molar-refractivity contribution in [2.24, 2.45) is 0 Å². The summed E-state index contributed by atoms with van der Waals surface area (Å²) < 4.78 is 41.1. The number of aromatic nitrogens is 3. The normalized spacial score (nSPS) is 12.6. The predicted molar refractivity (Wildman–Crippen MR) is 128 cm³/mol. The molecule has 4 rings (SSSR count). The minimum atomic E-state index is -4.40. The van der Waals surface area contributed by atoms with Crippen molar-refractivity contribution in [2.75, 3.05) is 5.32 Å². The van der Waals surface area contributed by atoms with Gasteiger partial charge in [-0.2, -0.15) is 13.2 Å². The molecular formula is C25H23F3N4OS. The fourth-order valence-corrected chi connectivity index (χ4v) is 4.68. The number of amides is 1. The maximum Gasteiger partial charge on any atom is 0.416 e. The van der Waals surface area contributed by atoms with Crippen molar-refractivity contribution in [2.45, 2.75) is 43.4 Å². The van der Waals surface area contributed by atoms with Crippen molar-refractivity contribution in [3.05, 3.63) is 83.6 Å². The lowest BCUT2D eigenvalue weighted by molar-refractivity contribution is -0.137. The van der Waals surface area contributed by atoms with Gasteiger partial charge in [-0.3, -0.25) is 9.36 Å². The van der Waals surface area contributed by atoms with E-state index in [1.165, 1.54) is 17.8 Å². The summed E-state index contributed by atoms with van der Waals surface area (Å²) in [5.74, 6) is 0.0611. The molecule has 0 saturated heterocycles. The summed E-state index contributed by atoms with van der Waals surface area (Å²) in [7, 11) is 0. The second-order valence-electron chi connectivity index (χ2n) is 7.83. The van der Waals surface area contributed by atoms with Gasteiger partial charge in [0.1, 0.15) is 11.6 Å². The van der Waals surface area contributed by atoms with E-state index in [0.29, 0.717) is 28.3 Å². The molecule has 0 aliphatic heterocycles. The molecule has 1 amide bonds. The Bertz CT molecular complexity index is 1320. The highest BCUT2D eigenvalue weighted by Gasteiger charge is 2.30. The minimum absolute atomic E-state index is 0.206. The maximum atomic E-state index is 13.3. The molecule has 0 saturated carbocycles. The molecule has 0 fully saturated rings. The van der Waals surface area contributed by atoms with Gasteiger partial charge in [-0.15, -0.1) is 0 Å². The third kappa shape index (κ3) is 5.09. The second kappa shape index (κ2) is 9.89. The van der Waals surface area contributed by atoms with Crippen LogP contribution < -0.4 is 5.32 Å². The number of fused-ring (bicyclic) bond motifs is 1. The Morgan fingerprint density at radius 2 is 1.91 bits per heavy atom. The largest absolute Gasteiger partial charge is 0.416 e. The average Bonchev–Trinajstić information content (AvgIpc) is 3.18. The first-order valence-corrected chi connectivity index (χ1v) is 11.7. The van der Waals surface area contributed by atoms with Crippen LogP contribution in [0.2, 0.25) is 0 Å². The first-order valence-electron chi connectivity index (χ1n) is 10.8. The van der Waals surface area contributed by atoms with Crippen molar-refractivity contribution >= 4 is 34.5 Å². The van der Waals surface area contributed by atoms with Crippen LogP contribution in [0.15, 0.2) is 72.0 Å². The van der Waals surface area contributed by atoms with Crippen LogP contribution in [0, 0.1) is 6.92 Å². The third-order valence-corrected chi connectivity index (χ3v) is 6.47. The van der Waals surface area contributed by atoms with E-state index in [-0.39, 0.29) is 11.7 Å². The van der Waals surface area contributed by atoms with Gasteiger partial charge < -0.3 is 5.32 Å². The molecule has 5 nitrogen and oxygen atoms in total. The van der Waals surface area contributed by atoms with Gasteiger partial charge in [-0.1, -0.05) is 55.1 Å². The summed E-state index contributed by atoms with van der Waals surface area (Å²) in [6.07, 6.45) is -2.29. The van der Waals surface area contributed by atoms with Crippen molar-refractivity contribution < 1.29 is 18.0 Å². The zero-order valence-electron chi connectivity index (χ0n) is 18.6. The SMILES string of the molecule is CC[C@H](C(=O)Nc1ccccc1C)n1c(SCc2cccc(C(F)(F)F)c2)nc2cccnc21. The Hall–Kier alpha value is -3.33.